The van der Waals surface area contributed by atoms with E-state index in [2.05, 4.69) is 20.3 Å². The lowest BCUT2D eigenvalue weighted by Gasteiger charge is -2.09. The lowest BCUT2D eigenvalue weighted by Crippen LogP contribution is -2.24. The monoisotopic (exact) mass is 366 g/mol. The summed E-state index contributed by atoms with van der Waals surface area (Å²) in [5, 5.41) is 3.14. The van der Waals surface area contributed by atoms with Crippen LogP contribution in [0.25, 0.3) is 11.5 Å². The van der Waals surface area contributed by atoms with Gasteiger partial charge in [0.05, 0.1) is 5.02 Å². The highest BCUT2D eigenvalue weighted by molar-refractivity contribution is 6.30. The van der Waals surface area contributed by atoms with E-state index in [1.165, 1.54) is 33.7 Å². The van der Waals surface area contributed by atoms with E-state index in [9.17, 15) is 9.59 Å². The number of anilines is 1. The van der Waals surface area contributed by atoms with Gasteiger partial charge in [0.1, 0.15) is 11.5 Å². The van der Waals surface area contributed by atoms with Gasteiger partial charge in [-0.1, -0.05) is 17.7 Å². The van der Waals surface area contributed by atoms with Crippen LogP contribution >= 0.6 is 11.6 Å². The highest BCUT2D eigenvalue weighted by Gasteiger charge is 2.19. The maximum absolute atomic E-state index is 12.8. The molecule has 4 rings (SSSR count). The molecule has 1 N–H and O–H groups in total. The van der Waals surface area contributed by atoms with Gasteiger partial charge >= 0.3 is 0 Å². The van der Waals surface area contributed by atoms with Crippen LogP contribution in [0.15, 0.2) is 65.8 Å². The van der Waals surface area contributed by atoms with E-state index in [-0.39, 0.29) is 11.3 Å². The van der Waals surface area contributed by atoms with Gasteiger partial charge in [-0.15, -0.1) is 0 Å². The largest absolute Gasteiger partial charge is 0.305 e. The minimum absolute atomic E-state index is 0.191. The Morgan fingerprint density at radius 3 is 2.65 bits per heavy atom. The molecule has 0 saturated heterocycles. The zero-order valence-electron chi connectivity index (χ0n) is 13.2. The predicted octanol–water partition coefficient (Wildman–Crippen LogP) is 2.18. The third-order valence-corrected chi connectivity index (χ3v) is 3.84. The number of nitrogens with one attached hydrogen (secondary N) is 1. The van der Waals surface area contributed by atoms with Crippen LogP contribution in [0.3, 0.4) is 0 Å². The van der Waals surface area contributed by atoms with Gasteiger partial charge in [-0.2, -0.15) is 4.52 Å². The minimum Gasteiger partial charge on any atom is -0.305 e. The molecular formula is C17H11ClN6O2. The fourth-order valence-electron chi connectivity index (χ4n) is 2.50. The number of nitrogens with zero attached hydrogens (tertiary/aromatic N) is 5. The molecule has 0 aliphatic heterocycles. The van der Waals surface area contributed by atoms with E-state index < -0.39 is 5.91 Å². The van der Waals surface area contributed by atoms with Crippen LogP contribution in [0, 0.1) is 0 Å². The van der Waals surface area contributed by atoms with Crippen molar-refractivity contribution in [2.24, 2.45) is 0 Å². The van der Waals surface area contributed by atoms with E-state index in [0.29, 0.717) is 22.3 Å². The summed E-state index contributed by atoms with van der Waals surface area (Å²) < 4.78 is 2.70. The van der Waals surface area contributed by atoms with Gasteiger partial charge in [0.2, 0.25) is 0 Å². The van der Waals surface area contributed by atoms with E-state index in [1.807, 2.05) is 0 Å². The Labute approximate surface area is 151 Å². The van der Waals surface area contributed by atoms with Crippen molar-refractivity contribution in [2.75, 3.05) is 5.32 Å². The van der Waals surface area contributed by atoms with Crippen LogP contribution in [-0.4, -0.2) is 30.1 Å². The zero-order chi connectivity index (χ0) is 18.1. The Balaban J connectivity index is 1.86. The van der Waals surface area contributed by atoms with Gasteiger partial charge < -0.3 is 5.32 Å². The second kappa shape index (κ2) is 6.41. The first-order valence-corrected chi connectivity index (χ1v) is 7.95. The Kier molecular flexibility index (Phi) is 3.94. The number of pyridine rings is 2. The highest BCUT2D eigenvalue weighted by Crippen LogP contribution is 2.15. The number of aromatic nitrogens is 5. The number of rotatable bonds is 3. The van der Waals surface area contributed by atoms with Crippen molar-refractivity contribution < 1.29 is 4.79 Å². The van der Waals surface area contributed by atoms with E-state index in [0.717, 1.165) is 0 Å². The Morgan fingerprint density at radius 1 is 1.04 bits per heavy atom. The van der Waals surface area contributed by atoms with Gasteiger partial charge in [-0.25, -0.2) is 19.6 Å². The first-order chi connectivity index (χ1) is 12.6. The molecule has 0 atom stereocenters. The first-order valence-electron chi connectivity index (χ1n) is 7.57. The zero-order valence-corrected chi connectivity index (χ0v) is 14.0. The molecule has 0 radical (unpaired) electrons. The van der Waals surface area contributed by atoms with E-state index >= 15 is 0 Å². The van der Waals surface area contributed by atoms with Crippen LogP contribution in [0.5, 0.6) is 0 Å². The summed E-state index contributed by atoms with van der Waals surface area (Å²) >= 11 is 5.81. The number of hydrogen-bond acceptors (Lipinski definition) is 5. The lowest BCUT2D eigenvalue weighted by atomic mass is 10.3. The maximum atomic E-state index is 12.8. The summed E-state index contributed by atoms with van der Waals surface area (Å²) in [6, 6.07) is 11.2. The first kappa shape index (κ1) is 16.0. The second-order valence-corrected chi connectivity index (χ2v) is 5.73. The standard InChI is InChI=1S/C17H11ClN6O2/c18-11-4-5-13(21-10-11)22-17(26)12-9-15-20-8-6-16(25)24(15)23(12)14-3-1-2-7-19-14/h1-10H,(H,21,22,26). The SMILES string of the molecule is O=C(Nc1ccc(Cl)cn1)c1cc2nccc(=O)n2n1-c1ccccn1. The van der Waals surface area contributed by atoms with Crippen molar-refractivity contribution in [3.05, 3.63) is 82.1 Å². The number of fused-ring (bicyclic) bond motifs is 1. The summed E-state index contributed by atoms with van der Waals surface area (Å²) in [7, 11) is 0. The summed E-state index contributed by atoms with van der Waals surface area (Å²) in [5.74, 6) is 0.278. The smallest absolute Gasteiger partial charge is 0.275 e. The molecule has 0 fully saturated rings. The molecular weight excluding hydrogens is 356 g/mol. The molecule has 26 heavy (non-hydrogen) atoms. The average molecular weight is 367 g/mol. The van der Waals surface area contributed by atoms with Crippen LogP contribution in [0.1, 0.15) is 10.5 Å². The minimum atomic E-state index is -0.463. The number of halogens is 1. The summed E-state index contributed by atoms with van der Waals surface area (Å²) in [6.07, 6.45) is 4.39. The normalized spacial score (nSPS) is 10.8. The summed E-state index contributed by atoms with van der Waals surface area (Å²) in [6.45, 7) is 0. The van der Waals surface area contributed by atoms with Gasteiger partial charge in [-0.3, -0.25) is 9.59 Å². The predicted molar refractivity (Wildman–Crippen MR) is 95.8 cm³/mol. The molecule has 0 saturated carbocycles. The van der Waals surface area contributed by atoms with Gasteiger partial charge in [0, 0.05) is 30.7 Å². The Bertz CT molecular complexity index is 1150. The molecule has 0 aromatic carbocycles. The second-order valence-electron chi connectivity index (χ2n) is 5.30. The van der Waals surface area contributed by atoms with Crippen molar-refractivity contribution in [1.82, 2.24) is 24.1 Å². The van der Waals surface area contributed by atoms with Crippen LogP contribution in [0.2, 0.25) is 5.02 Å². The number of hydrogen-bond donors (Lipinski definition) is 1. The summed E-state index contributed by atoms with van der Waals surface area (Å²) in [4.78, 5) is 37.6. The Morgan fingerprint density at radius 2 is 1.92 bits per heavy atom. The fraction of sp³-hybridized carbons (Fsp3) is 0. The van der Waals surface area contributed by atoms with Gasteiger partial charge in [0.15, 0.2) is 11.5 Å². The maximum Gasteiger partial charge on any atom is 0.275 e. The molecule has 0 unspecified atom stereocenters. The highest BCUT2D eigenvalue weighted by atomic mass is 35.5. The molecule has 8 nitrogen and oxygen atoms in total. The molecule has 4 heterocycles. The van der Waals surface area contributed by atoms with Crippen LogP contribution in [-0.2, 0) is 0 Å². The van der Waals surface area contributed by atoms with Crippen molar-refractivity contribution in [1.29, 1.82) is 0 Å². The molecule has 4 aromatic rings. The Hall–Kier alpha value is -3.52. The van der Waals surface area contributed by atoms with E-state index in [4.69, 9.17) is 11.6 Å². The van der Waals surface area contributed by atoms with Crippen molar-refractivity contribution in [2.45, 2.75) is 0 Å². The van der Waals surface area contributed by atoms with Crippen LogP contribution < -0.4 is 10.9 Å². The van der Waals surface area contributed by atoms with E-state index in [1.54, 1.807) is 36.5 Å². The number of carbonyl (C=O) groups excluding carboxylic acids is 1. The molecule has 1 amide bonds. The quantitative estimate of drug-likeness (QED) is 0.599. The van der Waals surface area contributed by atoms with Crippen molar-refractivity contribution in [3.8, 4) is 5.82 Å². The fourth-order valence-corrected chi connectivity index (χ4v) is 2.61. The molecule has 128 valence electrons. The molecule has 0 aliphatic rings. The molecule has 0 aliphatic carbocycles. The third kappa shape index (κ3) is 2.82. The summed E-state index contributed by atoms with van der Waals surface area (Å²) in [5.41, 5.74) is 0.193. The van der Waals surface area contributed by atoms with Gasteiger partial charge in [0.25, 0.3) is 11.5 Å². The van der Waals surface area contributed by atoms with Crippen molar-refractivity contribution >= 4 is 29.0 Å². The topological polar surface area (TPSA) is 94.2 Å². The average Bonchev–Trinajstić information content (AvgIpc) is 3.05. The molecule has 4 aromatic heterocycles. The lowest BCUT2D eigenvalue weighted by molar-refractivity contribution is 0.101. The molecule has 0 bridgehead atoms. The van der Waals surface area contributed by atoms with Crippen molar-refractivity contribution in [3.63, 3.8) is 0 Å². The van der Waals surface area contributed by atoms with Crippen LogP contribution in [0.4, 0.5) is 5.82 Å². The number of carbonyl (C=O) groups is 1. The van der Waals surface area contributed by atoms with Gasteiger partial charge in [-0.05, 0) is 24.3 Å². The molecule has 0 spiro atoms. The number of amides is 1. The third-order valence-electron chi connectivity index (χ3n) is 3.61. The molecule has 9 heteroatoms.